The molecule has 0 bridgehead atoms. The van der Waals surface area contributed by atoms with Crippen molar-refractivity contribution in [3.63, 3.8) is 0 Å². The summed E-state index contributed by atoms with van der Waals surface area (Å²) in [6.07, 6.45) is 4.27. The van der Waals surface area contributed by atoms with Crippen LogP contribution < -0.4 is 10.1 Å². The lowest BCUT2D eigenvalue weighted by Gasteiger charge is -2.11. The fourth-order valence-corrected chi connectivity index (χ4v) is 3.80. The highest BCUT2D eigenvalue weighted by Gasteiger charge is 2.20. The third-order valence-electron chi connectivity index (χ3n) is 5.46. The van der Waals surface area contributed by atoms with Gasteiger partial charge in [0.1, 0.15) is 29.8 Å². The van der Waals surface area contributed by atoms with Crippen LogP contribution in [0.4, 0.5) is 11.4 Å². The van der Waals surface area contributed by atoms with Crippen molar-refractivity contribution in [2.75, 3.05) is 5.32 Å². The van der Waals surface area contributed by atoms with E-state index in [0.29, 0.717) is 5.76 Å². The molecule has 0 saturated heterocycles. The molecule has 0 fully saturated rings. The summed E-state index contributed by atoms with van der Waals surface area (Å²) in [7, 11) is 0. The molecule has 0 atom stereocenters. The van der Waals surface area contributed by atoms with Crippen LogP contribution in [0.5, 0.6) is 11.5 Å². The Bertz CT molecular complexity index is 1450. The predicted octanol–water partition coefficient (Wildman–Crippen LogP) is 7.55. The number of hydrogen-bond acceptors (Lipinski definition) is 6. The van der Waals surface area contributed by atoms with Crippen molar-refractivity contribution >= 4 is 22.3 Å². The molecule has 5 aromatic rings. The molecule has 0 amide bonds. The molecule has 3 heterocycles. The number of nitrogens with one attached hydrogen (secondary N) is 1. The second kappa shape index (κ2) is 8.67. The van der Waals surface area contributed by atoms with Gasteiger partial charge in [0.05, 0.1) is 5.52 Å². The first-order chi connectivity index (χ1) is 16.8. The third kappa shape index (κ3) is 4.04. The highest BCUT2D eigenvalue weighted by molar-refractivity contribution is 5.94. The number of ether oxygens (including phenoxy) is 3. The maximum atomic E-state index is 5.94. The van der Waals surface area contributed by atoms with E-state index in [1.165, 1.54) is 12.5 Å². The normalized spacial score (nSPS) is 12.9. The summed E-state index contributed by atoms with van der Waals surface area (Å²) in [5.41, 5.74) is 3.71. The van der Waals surface area contributed by atoms with Crippen LogP contribution in [0.3, 0.4) is 0 Å². The molecule has 3 aromatic carbocycles. The van der Waals surface area contributed by atoms with Gasteiger partial charge in [0.15, 0.2) is 5.76 Å². The zero-order valence-electron chi connectivity index (χ0n) is 18.0. The molecule has 0 saturated carbocycles. The van der Waals surface area contributed by atoms with Crippen LogP contribution in [-0.4, -0.2) is 4.98 Å². The fourth-order valence-electron chi connectivity index (χ4n) is 3.80. The largest absolute Gasteiger partial charge is 0.457 e. The molecule has 166 valence electrons. The molecule has 1 aliphatic heterocycles. The summed E-state index contributed by atoms with van der Waals surface area (Å²) in [5.74, 6) is 2.93. The molecule has 6 nitrogen and oxygen atoms in total. The van der Waals surface area contributed by atoms with Crippen molar-refractivity contribution in [2.45, 2.75) is 6.29 Å². The summed E-state index contributed by atoms with van der Waals surface area (Å²) >= 11 is 0. The predicted molar refractivity (Wildman–Crippen MR) is 130 cm³/mol. The second-order valence-electron chi connectivity index (χ2n) is 7.73. The van der Waals surface area contributed by atoms with Crippen LogP contribution in [0.1, 0.15) is 12.1 Å². The summed E-state index contributed by atoms with van der Waals surface area (Å²) in [6.45, 7) is 0. The molecule has 6 rings (SSSR count). The Morgan fingerprint density at radius 3 is 2.38 bits per heavy atom. The number of aromatic nitrogens is 1. The molecule has 0 unspecified atom stereocenters. The van der Waals surface area contributed by atoms with Crippen molar-refractivity contribution in [3.05, 3.63) is 115 Å². The number of furan rings is 1. The Hall–Kier alpha value is -4.71. The average Bonchev–Trinajstić information content (AvgIpc) is 3.58. The first-order valence-electron chi connectivity index (χ1n) is 10.9. The van der Waals surface area contributed by atoms with Gasteiger partial charge in [0, 0.05) is 28.5 Å². The molecule has 0 spiro atoms. The first-order valence-corrected chi connectivity index (χ1v) is 10.9. The van der Waals surface area contributed by atoms with E-state index in [1.54, 1.807) is 6.20 Å². The van der Waals surface area contributed by atoms with E-state index in [0.717, 1.165) is 45.1 Å². The molecule has 1 N–H and O–H groups in total. The van der Waals surface area contributed by atoms with Crippen LogP contribution in [-0.2, 0) is 9.47 Å². The Labute approximate surface area is 196 Å². The van der Waals surface area contributed by atoms with Crippen LogP contribution in [0.2, 0.25) is 0 Å². The molecule has 0 aliphatic carbocycles. The van der Waals surface area contributed by atoms with Gasteiger partial charge >= 0.3 is 0 Å². The Morgan fingerprint density at radius 1 is 0.765 bits per heavy atom. The molecule has 1 aliphatic rings. The first kappa shape index (κ1) is 19.9. The monoisotopic (exact) mass is 448 g/mol. The lowest BCUT2D eigenvalue weighted by molar-refractivity contribution is -0.0400. The zero-order valence-corrected chi connectivity index (χ0v) is 18.0. The van der Waals surface area contributed by atoms with E-state index in [2.05, 4.69) is 10.3 Å². The quantitative estimate of drug-likeness (QED) is 0.289. The Kier molecular flexibility index (Phi) is 5.09. The maximum Gasteiger partial charge on any atom is 0.299 e. The number of para-hydroxylation sites is 1. The van der Waals surface area contributed by atoms with Crippen molar-refractivity contribution in [1.82, 2.24) is 4.98 Å². The number of rotatable bonds is 6. The van der Waals surface area contributed by atoms with Gasteiger partial charge in [0.2, 0.25) is 0 Å². The lowest BCUT2D eigenvalue weighted by Crippen LogP contribution is -1.94. The van der Waals surface area contributed by atoms with Crippen LogP contribution in [0.15, 0.2) is 114 Å². The fraction of sp³-hybridized carbons (Fsp3) is 0.0357. The minimum Gasteiger partial charge on any atom is -0.457 e. The number of nitrogens with zero attached hydrogens (tertiary/aromatic N) is 1. The summed E-state index contributed by atoms with van der Waals surface area (Å²) in [6, 6.07) is 29.4. The maximum absolute atomic E-state index is 5.94. The molecule has 0 radical (unpaired) electrons. The van der Waals surface area contributed by atoms with Gasteiger partial charge in [-0.15, -0.1) is 0 Å². The SMILES string of the molecule is C1=COC(c2ccc(-c3ccc4c(Nc5ccc(Oc6ccccc6)cc5)ccnc4c3)o2)O1. The van der Waals surface area contributed by atoms with E-state index in [4.69, 9.17) is 18.6 Å². The van der Waals surface area contributed by atoms with Crippen molar-refractivity contribution in [1.29, 1.82) is 0 Å². The van der Waals surface area contributed by atoms with Gasteiger partial charge in [-0.1, -0.05) is 24.3 Å². The molecular weight excluding hydrogens is 428 g/mol. The van der Waals surface area contributed by atoms with Crippen LogP contribution in [0.25, 0.3) is 22.2 Å². The zero-order chi connectivity index (χ0) is 22.7. The van der Waals surface area contributed by atoms with E-state index in [9.17, 15) is 0 Å². The van der Waals surface area contributed by atoms with Gasteiger partial charge in [-0.25, -0.2) is 0 Å². The van der Waals surface area contributed by atoms with Crippen molar-refractivity contribution in [2.24, 2.45) is 0 Å². The number of pyridine rings is 1. The highest BCUT2D eigenvalue weighted by atomic mass is 16.7. The average molecular weight is 448 g/mol. The standard InChI is InChI=1S/C28H20N2O4/c1-2-4-21(5-3-1)33-22-9-7-20(8-10-22)30-24-14-15-29-25-18-19(6-11-23(24)25)26-12-13-27(34-26)28-31-16-17-32-28/h1-18,28H,(H,29,30). The topological polar surface area (TPSA) is 65.8 Å². The Balaban J connectivity index is 1.21. The van der Waals surface area contributed by atoms with Crippen molar-refractivity contribution < 1.29 is 18.6 Å². The van der Waals surface area contributed by atoms with Crippen LogP contribution >= 0.6 is 0 Å². The number of anilines is 2. The summed E-state index contributed by atoms with van der Waals surface area (Å²) in [5, 5.41) is 4.49. The van der Waals surface area contributed by atoms with E-state index in [1.807, 2.05) is 91.0 Å². The van der Waals surface area contributed by atoms with E-state index < -0.39 is 6.29 Å². The van der Waals surface area contributed by atoms with Gasteiger partial charge in [-0.2, -0.15) is 0 Å². The molecule has 2 aromatic heterocycles. The van der Waals surface area contributed by atoms with Crippen molar-refractivity contribution in [3.8, 4) is 22.8 Å². The lowest BCUT2D eigenvalue weighted by atomic mass is 10.1. The minimum atomic E-state index is -0.535. The smallest absolute Gasteiger partial charge is 0.299 e. The highest BCUT2D eigenvalue weighted by Crippen LogP contribution is 2.33. The van der Waals surface area contributed by atoms with Gasteiger partial charge in [-0.05, 0) is 66.7 Å². The summed E-state index contributed by atoms with van der Waals surface area (Å²) < 4.78 is 22.5. The number of hydrogen-bond donors (Lipinski definition) is 1. The molecule has 34 heavy (non-hydrogen) atoms. The molecule has 6 heteroatoms. The van der Waals surface area contributed by atoms with Gasteiger partial charge in [0.25, 0.3) is 6.29 Å². The second-order valence-corrected chi connectivity index (χ2v) is 7.73. The Morgan fingerprint density at radius 2 is 1.56 bits per heavy atom. The summed E-state index contributed by atoms with van der Waals surface area (Å²) in [4.78, 5) is 4.55. The van der Waals surface area contributed by atoms with E-state index in [-0.39, 0.29) is 0 Å². The third-order valence-corrected chi connectivity index (χ3v) is 5.46. The van der Waals surface area contributed by atoms with E-state index >= 15 is 0 Å². The minimum absolute atomic E-state index is 0.535. The van der Waals surface area contributed by atoms with Gasteiger partial charge < -0.3 is 23.9 Å². The number of fused-ring (bicyclic) bond motifs is 1. The van der Waals surface area contributed by atoms with Crippen LogP contribution in [0, 0.1) is 0 Å². The molecular formula is C28H20N2O4. The number of benzene rings is 3. The van der Waals surface area contributed by atoms with Gasteiger partial charge in [-0.3, -0.25) is 4.98 Å².